The van der Waals surface area contributed by atoms with Crippen LogP contribution in [0.25, 0.3) is 0 Å². The molecule has 0 amide bonds. The molecule has 0 radical (unpaired) electrons. The van der Waals surface area contributed by atoms with Crippen molar-refractivity contribution >= 4 is 0 Å². The number of likely N-dealkylation sites (tertiary alicyclic amines) is 1. The van der Waals surface area contributed by atoms with Gasteiger partial charge in [-0.3, -0.25) is 4.90 Å². The van der Waals surface area contributed by atoms with E-state index in [2.05, 4.69) is 25.5 Å². The molecular formula is C15H23N5O2. The first kappa shape index (κ1) is 15.2. The lowest BCUT2D eigenvalue weighted by Crippen LogP contribution is -2.45. The van der Waals surface area contributed by atoms with Crippen LogP contribution in [0, 0.1) is 6.92 Å². The molecule has 0 unspecified atom stereocenters. The van der Waals surface area contributed by atoms with E-state index in [4.69, 9.17) is 9.05 Å². The Balaban J connectivity index is 1.48. The van der Waals surface area contributed by atoms with Crippen LogP contribution in [0.4, 0.5) is 0 Å². The lowest BCUT2D eigenvalue weighted by atomic mass is 10.1. The van der Waals surface area contributed by atoms with Crippen LogP contribution >= 0.6 is 0 Å². The molecule has 7 heteroatoms. The summed E-state index contributed by atoms with van der Waals surface area (Å²) in [6.07, 6.45) is 3.13. The van der Waals surface area contributed by atoms with Crippen LogP contribution in [0.2, 0.25) is 0 Å². The standard InChI is InChI=1S/C15H23N5O2/c1-3-15-17-14(19-22-15)10-20-6-4-5-12(9-20)16-8-13-7-11(2)18-21-13/h7,12,16H,3-6,8-10H2,1-2H3/t12-/m1/s1. The maximum absolute atomic E-state index is 5.23. The van der Waals surface area contributed by atoms with Crippen LogP contribution in [0.5, 0.6) is 0 Å². The van der Waals surface area contributed by atoms with Crippen LogP contribution in [-0.4, -0.2) is 39.3 Å². The van der Waals surface area contributed by atoms with E-state index in [1.165, 1.54) is 12.8 Å². The first-order valence-electron chi connectivity index (χ1n) is 7.92. The van der Waals surface area contributed by atoms with Gasteiger partial charge in [0.05, 0.1) is 18.8 Å². The predicted molar refractivity (Wildman–Crippen MR) is 80.1 cm³/mol. The quantitative estimate of drug-likeness (QED) is 0.869. The topological polar surface area (TPSA) is 80.2 Å². The van der Waals surface area contributed by atoms with E-state index in [9.17, 15) is 0 Å². The summed E-state index contributed by atoms with van der Waals surface area (Å²) in [4.78, 5) is 6.75. The molecule has 1 aliphatic rings. The SMILES string of the molecule is CCc1nc(CN2CCC[C@@H](NCc3cc(C)no3)C2)no1. The highest BCUT2D eigenvalue weighted by Crippen LogP contribution is 2.13. The van der Waals surface area contributed by atoms with E-state index in [1.807, 2.05) is 19.9 Å². The summed E-state index contributed by atoms with van der Waals surface area (Å²) in [6, 6.07) is 2.43. The minimum absolute atomic E-state index is 0.455. The molecule has 1 fully saturated rings. The average molecular weight is 305 g/mol. The smallest absolute Gasteiger partial charge is 0.226 e. The van der Waals surface area contributed by atoms with Crippen molar-refractivity contribution in [1.29, 1.82) is 0 Å². The lowest BCUT2D eigenvalue weighted by Gasteiger charge is -2.32. The molecule has 1 saturated heterocycles. The van der Waals surface area contributed by atoms with Crippen molar-refractivity contribution in [1.82, 2.24) is 25.5 Å². The Kier molecular flexibility index (Phi) is 4.84. The molecule has 3 heterocycles. The molecule has 3 rings (SSSR count). The van der Waals surface area contributed by atoms with Crippen molar-refractivity contribution in [2.45, 2.75) is 52.2 Å². The summed E-state index contributed by atoms with van der Waals surface area (Å²) >= 11 is 0. The minimum Gasteiger partial charge on any atom is -0.360 e. The van der Waals surface area contributed by atoms with Gasteiger partial charge in [-0.15, -0.1) is 0 Å². The Morgan fingerprint density at radius 1 is 1.36 bits per heavy atom. The Morgan fingerprint density at radius 3 is 3.00 bits per heavy atom. The van der Waals surface area contributed by atoms with Gasteiger partial charge in [0, 0.05) is 25.1 Å². The van der Waals surface area contributed by atoms with Gasteiger partial charge in [-0.05, 0) is 26.3 Å². The van der Waals surface area contributed by atoms with E-state index in [0.29, 0.717) is 11.9 Å². The van der Waals surface area contributed by atoms with E-state index in [-0.39, 0.29) is 0 Å². The van der Waals surface area contributed by atoms with Gasteiger partial charge in [-0.2, -0.15) is 4.98 Å². The van der Waals surface area contributed by atoms with Crippen molar-refractivity contribution < 1.29 is 9.05 Å². The number of rotatable bonds is 6. The molecule has 0 aliphatic carbocycles. The highest BCUT2D eigenvalue weighted by Gasteiger charge is 2.21. The molecule has 1 atom stereocenters. The summed E-state index contributed by atoms with van der Waals surface area (Å²) in [5.41, 5.74) is 0.922. The van der Waals surface area contributed by atoms with E-state index in [0.717, 1.165) is 49.9 Å². The number of nitrogens with one attached hydrogen (secondary N) is 1. The number of aromatic nitrogens is 3. The van der Waals surface area contributed by atoms with Gasteiger partial charge < -0.3 is 14.4 Å². The third-order valence-electron chi connectivity index (χ3n) is 3.92. The summed E-state index contributed by atoms with van der Waals surface area (Å²) < 4.78 is 10.4. The van der Waals surface area contributed by atoms with Crippen molar-refractivity contribution in [3.8, 4) is 0 Å². The van der Waals surface area contributed by atoms with Crippen LogP contribution < -0.4 is 5.32 Å². The lowest BCUT2D eigenvalue weighted by molar-refractivity contribution is 0.175. The van der Waals surface area contributed by atoms with E-state index >= 15 is 0 Å². The van der Waals surface area contributed by atoms with Gasteiger partial charge in [0.25, 0.3) is 0 Å². The molecule has 120 valence electrons. The fourth-order valence-electron chi connectivity index (χ4n) is 2.81. The maximum Gasteiger partial charge on any atom is 0.226 e. The molecular weight excluding hydrogens is 282 g/mol. The molecule has 2 aromatic heterocycles. The minimum atomic E-state index is 0.455. The largest absolute Gasteiger partial charge is 0.360 e. The fourth-order valence-corrected chi connectivity index (χ4v) is 2.81. The van der Waals surface area contributed by atoms with Gasteiger partial charge in [-0.1, -0.05) is 17.2 Å². The zero-order valence-electron chi connectivity index (χ0n) is 13.2. The third kappa shape index (κ3) is 3.92. The van der Waals surface area contributed by atoms with Gasteiger partial charge in [0.1, 0.15) is 0 Å². The van der Waals surface area contributed by atoms with Crippen molar-refractivity contribution in [3.63, 3.8) is 0 Å². The second-order valence-electron chi connectivity index (χ2n) is 5.85. The van der Waals surface area contributed by atoms with Gasteiger partial charge in [-0.25, -0.2) is 0 Å². The molecule has 0 saturated carbocycles. The summed E-state index contributed by atoms with van der Waals surface area (Å²) in [5, 5.41) is 11.5. The predicted octanol–water partition coefficient (Wildman–Crippen LogP) is 1.68. The Morgan fingerprint density at radius 2 is 2.27 bits per heavy atom. The number of hydrogen-bond acceptors (Lipinski definition) is 7. The first-order chi connectivity index (χ1) is 10.7. The molecule has 0 bridgehead atoms. The number of nitrogens with zero attached hydrogens (tertiary/aromatic N) is 4. The van der Waals surface area contributed by atoms with E-state index < -0.39 is 0 Å². The normalized spacial score (nSPS) is 19.6. The number of piperidine rings is 1. The average Bonchev–Trinajstić information content (AvgIpc) is 3.14. The second-order valence-corrected chi connectivity index (χ2v) is 5.85. The van der Waals surface area contributed by atoms with Gasteiger partial charge in [0.2, 0.25) is 5.89 Å². The maximum atomic E-state index is 5.23. The van der Waals surface area contributed by atoms with Crippen LogP contribution in [0.15, 0.2) is 15.1 Å². The molecule has 0 aromatic carbocycles. The second kappa shape index (κ2) is 7.02. The Bertz CT molecular complexity index is 594. The first-order valence-corrected chi connectivity index (χ1v) is 7.92. The van der Waals surface area contributed by atoms with Crippen molar-refractivity contribution in [3.05, 3.63) is 29.2 Å². The van der Waals surface area contributed by atoms with Crippen molar-refractivity contribution in [2.24, 2.45) is 0 Å². The van der Waals surface area contributed by atoms with Gasteiger partial charge in [0.15, 0.2) is 11.6 Å². The monoisotopic (exact) mass is 305 g/mol. The highest BCUT2D eigenvalue weighted by atomic mass is 16.5. The summed E-state index contributed by atoms with van der Waals surface area (Å²) in [6.45, 7) is 7.50. The summed E-state index contributed by atoms with van der Waals surface area (Å²) in [5.74, 6) is 2.38. The highest BCUT2D eigenvalue weighted by molar-refractivity contribution is 5.03. The third-order valence-corrected chi connectivity index (χ3v) is 3.92. The Labute approximate surface area is 130 Å². The van der Waals surface area contributed by atoms with Gasteiger partial charge >= 0.3 is 0 Å². The number of hydrogen-bond donors (Lipinski definition) is 1. The zero-order chi connectivity index (χ0) is 15.4. The van der Waals surface area contributed by atoms with Crippen LogP contribution in [-0.2, 0) is 19.5 Å². The molecule has 2 aromatic rings. The Hall–Kier alpha value is -1.73. The molecule has 1 aliphatic heterocycles. The van der Waals surface area contributed by atoms with Crippen LogP contribution in [0.1, 0.15) is 42.9 Å². The fraction of sp³-hybridized carbons (Fsp3) is 0.667. The molecule has 7 nitrogen and oxygen atoms in total. The number of aryl methyl sites for hydroxylation is 2. The molecule has 1 N–H and O–H groups in total. The zero-order valence-corrected chi connectivity index (χ0v) is 13.2. The van der Waals surface area contributed by atoms with Crippen LogP contribution in [0.3, 0.4) is 0 Å². The van der Waals surface area contributed by atoms with Crippen molar-refractivity contribution in [2.75, 3.05) is 13.1 Å². The summed E-state index contributed by atoms with van der Waals surface area (Å²) in [7, 11) is 0. The van der Waals surface area contributed by atoms with E-state index in [1.54, 1.807) is 0 Å². The molecule has 0 spiro atoms. The molecule has 22 heavy (non-hydrogen) atoms.